The molecule has 0 fully saturated rings. The molecule has 0 atom stereocenters. The molecule has 78 valence electrons. The van der Waals surface area contributed by atoms with Gasteiger partial charge in [-0.2, -0.15) is 0 Å². The number of rotatable bonds is 6. The Hall–Kier alpha value is -0.860. The number of benzene rings is 1. The van der Waals surface area contributed by atoms with E-state index in [1.807, 2.05) is 13.0 Å². The quantitative estimate of drug-likeness (QED) is 0.752. The maximum absolute atomic E-state index is 8.71. The van der Waals surface area contributed by atoms with Gasteiger partial charge in [0.05, 0.1) is 6.61 Å². The van der Waals surface area contributed by atoms with Gasteiger partial charge in [0.1, 0.15) is 0 Å². The second-order valence-corrected chi connectivity index (χ2v) is 3.28. The topological polar surface area (TPSA) is 29.5 Å². The van der Waals surface area contributed by atoms with Gasteiger partial charge in [-0.05, 0) is 30.9 Å². The average Bonchev–Trinajstić information content (AvgIpc) is 2.24. The van der Waals surface area contributed by atoms with Crippen LogP contribution in [0.25, 0.3) is 0 Å². The van der Waals surface area contributed by atoms with Gasteiger partial charge in [0, 0.05) is 13.2 Å². The largest absolute Gasteiger partial charge is 0.396 e. The Bertz CT molecular complexity index is 235. The molecule has 2 nitrogen and oxygen atoms in total. The van der Waals surface area contributed by atoms with Crippen molar-refractivity contribution in [1.82, 2.24) is 0 Å². The maximum Gasteiger partial charge on any atom is 0.0716 e. The first-order chi connectivity index (χ1) is 6.86. The summed E-state index contributed by atoms with van der Waals surface area (Å²) in [7, 11) is 0. The smallest absolute Gasteiger partial charge is 0.0716 e. The van der Waals surface area contributed by atoms with Crippen LogP contribution in [0.15, 0.2) is 24.3 Å². The predicted octanol–water partition coefficient (Wildman–Crippen LogP) is 2.15. The van der Waals surface area contributed by atoms with E-state index < -0.39 is 0 Å². The molecule has 0 aliphatic carbocycles. The third-order valence-corrected chi connectivity index (χ3v) is 2.09. The van der Waals surface area contributed by atoms with Crippen LogP contribution in [0.5, 0.6) is 0 Å². The van der Waals surface area contributed by atoms with Gasteiger partial charge in [0.25, 0.3) is 0 Å². The van der Waals surface area contributed by atoms with E-state index in [0.717, 1.165) is 19.4 Å². The molecule has 1 aromatic rings. The molecule has 0 spiro atoms. The summed E-state index contributed by atoms with van der Waals surface area (Å²) in [5, 5.41) is 8.71. The first kappa shape index (κ1) is 11.2. The normalized spacial score (nSPS) is 10.4. The van der Waals surface area contributed by atoms with Gasteiger partial charge < -0.3 is 9.84 Å². The number of ether oxygens (including phenoxy) is 1. The Labute approximate surface area is 85.5 Å². The lowest BCUT2D eigenvalue weighted by Crippen LogP contribution is -1.94. The monoisotopic (exact) mass is 194 g/mol. The van der Waals surface area contributed by atoms with E-state index in [9.17, 15) is 0 Å². The molecule has 0 unspecified atom stereocenters. The SMILES string of the molecule is CCOCc1cccc(CCCO)c1. The highest BCUT2D eigenvalue weighted by Crippen LogP contribution is 2.08. The number of aliphatic hydroxyl groups is 1. The molecule has 1 rings (SSSR count). The van der Waals surface area contributed by atoms with E-state index in [-0.39, 0.29) is 6.61 Å². The Kier molecular flexibility index (Phi) is 5.27. The molecular weight excluding hydrogens is 176 g/mol. The second kappa shape index (κ2) is 6.57. The van der Waals surface area contributed by atoms with Crippen molar-refractivity contribution in [3.63, 3.8) is 0 Å². The molecule has 1 N–H and O–H groups in total. The maximum atomic E-state index is 8.71. The van der Waals surface area contributed by atoms with Crippen LogP contribution in [0, 0.1) is 0 Å². The highest BCUT2D eigenvalue weighted by atomic mass is 16.5. The number of hydrogen-bond acceptors (Lipinski definition) is 2. The minimum atomic E-state index is 0.260. The summed E-state index contributed by atoms with van der Waals surface area (Å²) in [6.45, 7) is 3.69. The van der Waals surface area contributed by atoms with E-state index in [2.05, 4.69) is 18.2 Å². The molecule has 0 aliphatic heterocycles. The average molecular weight is 194 g/mol. The van der Waals surface area contributed by atoms with Crippen LogP contribution in [0.4, 0.5) is 0 Å². The van der Waals surface area contributed by atoms with Crippen LogP contribution in [-0.4, -0.2) is 18.3 Å². The molecule has 0 aromatic heterocycles. The lowest BCUT2D eigenvalue weighted by atomic mass is 10.1. The lowest BCUT2D eigenvalue weighted by Gasteiger charge is -2.04. The van der Waals surface area contributed by atoms with Crippen LogP contribution in [0.1, 0.15) is 24.5 Å². The zero-order chi connectivity index (χ0) is 10.2. The van der Waals surface area contributed by atoms with Gasteiger partial charge in [-0.1, -0.05) is 24.3 Å². The van der Waals surface area contributed by atoms with E-state index in [4.69, 9.17) is 9.84 Å². The van der Waals surface area contributed by atoms with Gasteiger partial charge >= 0.3 is 0 Å². The zero-order valence-electron chi connectivity index (χ0n) is 8.70. The standard InChI is InChI=1S/C12H18O2/c1-2-14-10-12-6-3-5-11(9-12)7-4-8-13/h3,5-6,9,13H,2,4,7-8,10H2,1H3. The molecule has 2 heteroatoms. The molecule has 0 saturated heterocycles. The predicted molar refractivity (Wildman–Crippen MR) is 57.2 cm³/mol. The van der Waals surface area contributed by atoms with Crippen molar-refractivity contribution in [2.75, 3.05) is 13.2 Å². The third-order valence-electron chi connectivity index (χ3n) is 2.09. The van der Waals surface area contributed by atoms with Crippen LogP contribution in [-0.2, 0) is 17.8 Å². The summed E-state index contributed by atoms with van der Waals surface area (Å²) in [4.78, 5) is 0. The number of hydrogen-bond donors (Lipinski definition) is 1. The Morgan fingerprint density at radius 3 is 2.79 bits per heavy atom. The van der Waals surface area contributed by atoms with Gasteiger partial charge in [-0.3, -0.25) is 0 Å². The van der Waals surface area contributed by atoms with Crippen LogP contribution in [0.2, 0.25) is 0 Å². The van der Waals surface area contributed by atoms with Gasteiger partial charge in [-0.25, -0.2) is 0 Å². The van der Waals surface area contributed by atoms with Crippen molar-refractivity contribution in [3.8, 4) is 0 Å². The first-order valence-corrected chi connectivity index (χ1v) is 5.13. The van der Waals surface area contributed by atoms with Gasteiger partial charge in [-0.15, -0.1) is 0 Å². The van der Waals surface area contributed by atoms with Crippen molar-refractivity contribution >= 4 is 0 Å². The minimum absolute atomic E-state index is 0.260. The van der Waals surface area contributed by atoms with Crippen molar-refractivity contribution in [2.24, 2.45) is 0 Å². The molecule has 0 amide bonds. The minimum Gasteiger partial charge on any atom is -0.396 e. The summed E-state index contributed by atoms with van der Waals surface area (Å²) < 4.78 is 5.33. The molecular formula is C12H18O2. The fourth-order valence-electron chi connectivity index (χ4n) is 1.38. The molecule has 0 aliphatic rings. The Morgan fingerprint density at radius 1 is 1.29 bits per heavy atom. The number of aliphatic hydroxyl groups excluding tert-OH is 1. The first-order valence-electron chi connectivity index (χ1n) is 5.13. The van der Waals surface area contributed by atoms with Crippen LogP contribution >= 0.6 is 0 Å². The van der Waals surface area contributed by atoms with Crippen molar-refractivity contribution in [1.29, 1.82) is 0 Å². The van der Waals surface area contributed by atoms with Gasteiger partial charge in [0.2, 0.25) is 0 Å². The molecule has 1 aromatic carbocycles. The summed E-state index contributed by atoms with van der Waals surface area (Å²) >= 11 is 0. The van der Waals surface area contributed by atoms with Crippen LogP contribution in [0.3, 0.4) is 0 Å². The lowest BCUT2D eigenvalue weighted by molar-refractivity contribution is 0.134. The van der Waals surface area contributed by atoms with E-state index >= 15 is 0 Å². The molecule has 0 saturated carbocycles. The Balaban J connectivity index is 2.50. The molecule has 0 bridgehead atoms. The Morgan fingerprint density at radius 2 is 2.07 bits per heavy atom. The van der Waals surface area contributed by atoms with Crippen molar-refractivity contribution in [2.45, 2.75) is 26.4 Å². The van der Waals surface area contributed by atoms with E-state index in [0.29, 0.717) is 6.61 Å². The zero-order valence-corrected chi connectivity index (χ0v) is 8.70. The molecule has 0 heterocycles. The summed E-state index contributed by atoms with van der Waals surface area (Å²) in [6.07, 6.45) is 1.77. The fourth-order valence-corrected chi connectivity index (χ4v) is 1.38. The van der Waals surface area contributed by atoms with Crippen molar-refractivity contribution in [3.05, 3.63) is 35.4 Å². The summed E-state index contributed by atoms with van der Waals surface area (Å²) in [6, 6.07) is 8.34. The van der Waals surface area contributed by atoms with E-state index in [1.54, 1.807) is 0 Å². The second-order valence-electron chi connectivity index (χ2n) is 3.28. The third kappa shape index (κ3) is 3.90. The summed E-state index contributed by atoms with van der Waals surface area (Å²) in [5.41, 5.74) is 2.48. The van der Waals surface area contributed by atoms with E-state index in [1.165, 1.54) is 11.1 Å². The van der Waals surface area contributed by atoms with Crippen LogP contribution < -0.4 is 0 Å². The van der Waals surface area contributed by atoms with Gasteiger partial charge in [0.15, 0.2) is 0 Å². The highest BCUT2D eigenvalue weighted by molar-refractivity contribution is 5.23. The summed E-state index contributed by atoms with van der Waals surface area (Å²) in [5.74, 6) is 0. The fraction of sp³-hybridized carbons (Fsp3) is 0.500. The molecule has 0 radical (unpaired) electrons. The highest BCUT2D eigenvalue weighted by Gasteiger charge is 1.95. The molecule has 14 heavy (non-hydrogen) atoms. The van der Waals surface area contributed by atoms with Crippen molar-refractivity contribution < 1.29 is 9.84 Å². The number of aryl methyl sites for hydroxylation is 1.